The summed E-state index contributed by atoms with van der Waals surface area (Å²) in [5.41, 5.74) is 0.929. The zero-order valence-electron chi connectivity index (χ0n) is 15.9. The Labute approximate surface area is 163 Å². The molecule has 3 heterocycles. The highest BCUT2D eigenvalue weighted by molar-refractivity contribution is 5.80. The van der Waals surface area contributed by atoms with E-state index >= 15 is 0 Å². The number of pyridine rings is 1. The minimum absolute atomic E-state index is 0.0304. The molecule has 0 atom stereocenters. The van der Waals surface area contributed by atoms with Crippen LogP contribution < -0.4 is 0 Å². The first kappa shape index (κ1) is 19.0. The van der Waals surface area contributed by atoms with E-state index in [2.05, 4.69) is 46.2 Å². The van der Waals surface area contributed by atoms with Gasteiger partial charge in [-0.05, 0) is 29.7 Å². The third kappa shape index (κ3) is 3.82. The summed E-state index contributed by atoms with van der Waals surface area (Å²) in [4.78, 5) is 7.67. The van der Waals surface area contributed by atoms with E-state index in [0.717, 1.165) is 11.7 Å². The average molecular weight is 402 g/mol. The van der Waals surface area contributed by atoms with Gasteiger partial charge in [-0.25, -0.2) is 4.68 Å². The molecule has 0 saturated heterocycles. The molecule has 0 fully saturated rings. The molecule has 0 spiro atoms. The molecule has 0 aliphatic heterocycles. The van der Waals surface area contributed by atoms with Crippen LogP contribution in [0.3, 0.4) is 0 Å². The van der Waals surface area contributed by atoms with Gasteiger partial charge in [-0.1, -0.05) is 31.1 Å². The van der Waals surface area contributed by atoms with Gasteiger partial charge in [0.15, 0.2) is 0 Å². The van der Waals surface area contributed by atoms with E-state index in [0.29, 0.717) is 17.6 Å². The zero-order valence-corrected chi connectivity index (χ0v) is 15.9. The number of nitrogens with zero attached hydrogens (tertiary/aromatic N) is 6. The van der Waals surface area contributed by atoms with E-state index in [4.69, 9.17) is 4.52 Å². The summed E-state index contributed by atoms with van der Waals surface area (Å²) < 4.78 is 46.5. The molecular weight excluding hydrogens is 385 g/mol. The van der Waals surface area contributed by atoms with Crippen LogP contribution in [0.5, 0.6) is 0 Å². The van der Waals surface area contributed by atoms with E-state index < -0.39 is 11.7 Å². The molecule has 10 heteroatoms. The summed E-state index contributed by atoms with van der Waals surface area (Å²) in [5, 5.41) is 12.2. The normalized spacial score (nSPS) is 12.6. The second kappa shape index (κ2) is 6.64. The topological polar surface area (TPSA) is 82.5 Å². The van der Waals surface area contributed by atoms with Crippen molar-refractivity contribution in [1.82, 2.24) is 30.1 Å². The highest BCUT2D eigenvalue weighted by Gasteiger charge is 2.35. The van der Waals surface area contributed by atoms with Gasteiger partial charge in [0.1, 0.15) is 5.52 Å². The fourth-order valence-electron chi connectivity index (χ4n) is 2.93. The van der Waals surface area contributed by atoms with Crippen molar-refractivity contribution in [1.29, 1.82) is 0 Å². The van der Waals surface area contributed by atoms with Gasteiger partial charge in [-0.15, -0.1) is 5.10 Å². The fraction of sp³-hybridized carbons (Fsp3) is 0.316. The summed E-state index contributed by atoms with van der Waals surface area (Å²) in [6.07, 6.45) is -2.60. The molecule has 1 aromatic carbocycles. The highest BCUT2D eigenvalue weighted by Crippen LogP contribution is 2.36. The van der Waals surface area contributed by atoms with Crippen LogP contribution in [0, 0.1) is 5.41 Å². The van der Waals surface area contributed by atoms with Crippen molar-refractivity contribution in [3.63, 3.8) is 0 Å². The first-order valence-electron chi connectivity index (χ1n) is 8.81. The molecule has 0 amide bonds. The van der Waals surface area contributed by atoms with Gasteiger partial charge in [-0.3, -0.25) is 4.98 Å². The maximum Gasteiger partial charge on any atom is 0.418 e. The monoisotopic (exact) mass is 402 g/mol. The quantitative estimate of drug-likeness (QED) is 0.498. The second-order valence-corrected chi connectivity index (χ2v) is 7.85. The number of benzene rings is 1. The Bertz CT molecular complexity index is 1170. The summed E-state index contributed by atoms with van der Waals surface area (Å²) in [5.74, 6) is -0.0663. The number of halogens is 3. The molecule has 0 radical (unpaired) electrons. The molecule has 0 bridgehead atoms. The lowest BCUT2D eigenvalue weighted by atomic mass is 9.97. The lowest BCUT2D eigenvalue weighted by molar-refractivity contribution is -0.137. The largest absolute Gasteiger partial charge is 0.418 e. The lowest BCUT2D eigenvalue weighted by Crippen LogP contribution is -2.16. The van der Waals surface area contributed by atoms with E-state index in [1.807, 2.05) is 10.7 Å². The van der Waals surface area contributed by atoms with Crippen LogP contribution in [0.25, 0.3) is 33.9 Å². The van der Waals surface area contributed by atoms with Crippen LogP contribution in [0.2, 0.25) is 0 Å². The Balaban J connectivity index is 1.70. The Hall–Kier alpha value is -3.30. The molecular formula is C19H17F3N6O. The molecule has 0 N–H and O–H groups in total. The van der Waals surface area contributed by atoms with Crippen molar-refractivity contribution in [2.24, 2.45) is 5.41 Å². The van der Waals surface area contributed by atoms with Gasteiger partial charge in [0.2, 0.25) is 5.82 Å². The predicted octanol–water partition coefficient (Wildman–Crippen LogP) is 4.61. The van der Waals surface area contributed by atoms with E-state index in [1.165, 1.54) is 12.3 Å². The molecule has 3 aromatic heterocycles. The van der Waals surface area contributed by atoms with Crippen LogP contribution >= 0.6 is 0 Å². The molecule has 150 valence electrons. The minimum atomic E-state index is -4.58. The Morgan fingerprint density at radius 2 is 1.90 bits per heavy atom. The number of fused-ring (bicyclic) bond motifs is 1. The predicted molar refractivity (Wildman–Crippen MR) is 98.5 cm³/mol. The van der Waals surface area contributed by atoms with Crippen molar-refractivity contribution in [2.75, 3.05) is 0 Å². The number of alkyl halides is 3. The second-order valence-electron chi connectivity index (χ2n) is 7.85. The summed E-state index contributed by atoms with van der Waals surface area (Å²) in [6.45, 7) is 7.00. The van der Waals surface area contributed by atoms with Crippen LogP contribution in [0.15, 0.2) is 41.2 Å². The number of hydrogen-bond acceptors (Lipinski definition) is 6. The number of aromatic nitrogens is 6. The molecule has 0 aliphatic carbocycles. The number of rotatable bonds is 3. The maximum atomic E-state index is 13.2. The van der Waals surface area contributed by atoms with Crippen molar-refractivity contribution in [3.05, 3.63) is 42.2 Å². The molecule has 0 aliphatic rings. The molecule has 4 aromatic rings. The molecule has 7 nitrogen and oxygen atoms in total. The zero-order chi connectivity index (χ0) is 20.8. The van der Waals surface area contributed by atoms with Crippen molar-refractivity contribution < 1.29 is 17.7 Å². The Morgan fingerprint density at radius 1 is 1.10 bits per heavy atom. The van der Waals surface area contributed by atoms with E-state index in [-0.39, 0.29) is 22.7 Å². The van der Waals surface area contributed by atoms with Crippen LogP contribution in [-0.2, 0) is 12.7 Å². The van der Waals surface area contributed by atoms with Crippen LogP contribution in [0.4, 0.5) is 13.2 Å². The van der Waals surface area contributed by atoms with Gasteiger partial charge in [0.25, 0.3) is 5.89 Å². The molecule has 29 heavy (non-hydrogen) atoms. The van der Waals surface area contributed by atoms with Gasteiger partial charge >= 0.3 is 6.18 Å². The highest BCUT2D eigenvalue weighted by atomic mass is 19.4. The Kier molecular flexibility index (Phi) is 4.36. The average Bonchev–Trinajstić information content (AvgIpc) is 3.27. The maximum absolute atomic E-state index is 13.2. The van der Waals surface area contributed by atoms with Crippen molar-refractivity contribution >= 4 is 11.0 Å². The first-order chi connectivity index (χ1) is 13.6. The van der Waals surface area contributed by atoms with Gasteiger partial charge < -0.3 is 4.52 Å². The van der Waals surface area contributed by atoms with Gasteiger partial charge in [0, 0.05) is 24.5 Å². The van der Waals surface area contributed by atoms with E-state index in [1.54, 1.807) is 12.1 Å². The molecule has 4 rings (SSSR count). The number of hydrogen-bond donors (Lipinski definition) is 0. The van der Waals surface area contributed by atoms with Crippen LogP contribution in [-0.4, -0.2) is 30.1 Å². The third-order valence-electron chi connectivity index (χ3n) is 4.18. The summed E-state index contributed by atoms with van der Waals surface area (Å²) in [6, 6.07) is 6.52. The molecule has 0 saturated carbocycles. The lowest BCUT2D eigenvalue weighted by Gasteiger charge is -2.17. The standard InChI is InChI=1S/C19H17F3N6O/c1-18(2,3)10-28-15-5-4-11(8-14(15)25-27-28)16-24-17(29-26-16)12-6-7-23-9-13(12)19(20,21)22/h4-9H,10H2,1-3H3. The van der Waals surface area contributed by atoms with Gasteiger partial charge in [0.05, 0.1) is 16.6 Å². The molecule has 0 unspecified atom stereocenters. The Morgan fingerprint density at radius 3 is 2.62 bits per heavy atom. The summed E-state index contributed by atoms with van der Waals surface area (Å²) in [7, 11) is 0. The SMILES string of the molecule is CC(C)(C)Cn1nnc2cc(-c3noc(-c4ccncc4C(F)(F)F)n3)ccc21. The van der Waals surface area contributed by atoms with E-state index in [9.17, 15) is 13.2 Å². The van der Waals surface area contributed by atoms with Crippen LogP contribution in [0.1, 0.15) is 26.3 Å². The summed E-state index contributed by atoms with van der Waals surface area (Å²) >= 11 is 0. The smallest absolute Gasteiger partial charge is 0.334 e. The van der Waals surface area contributed by atoms with Crippen molar-refractivity contribution in [3.8, 4) is 22.8 Å². The fourth-order valence-corrected chi connectivity index (χ4v) is 2.93. The van der Waals surface area contributed by atoms with Gasteiger partial charge in [-0.2, -0.15) is 18.2 Å². The first-order valence-corrected chi connectivity index (χ1v) is 8.81. The minimum Gasteiger partial charge on any atom is -0.334 e. The third-order valence-corrected chi connectivity index (χ3v) is 4.18. The van der Waals surface area contributed by atoms with Crippen molar-refractivity contribution in [2.45, 2.75) is 33.5 Å².